The number of carbonyl (C=O) groups is 3. The highest BCUT2D eigenvalue weighted by Crippen LogP contribution is 2.34. The van der Waals surface area contributed by atoms with Gasteiger partial charge in [-0.1, -0.05) is 6.07 Å². The third kappa shape index (κ3) is 4.44. The number of primary amides is 1. The zero-order valence-electron chi connectivity index (χ0n) is 12.5. The van der Waals surface area contributed by atoms with Crippen molar-refractivity contribution in [1.82, 2.24) is 0 Å². The van der Waals surface area contributed by atoms with Crippen LogP contribution in [0.1, 0.15) is 23.7 Å². The Kier molecular flexibility index (Phi) is 5.91. The van der Waals surface area contributed by atoms with Gasteiger partial charge in [-0.2, -0.15) is 13.2 Å². The van der Waals surface area contributed by atoms with E-state index < -0.39 is 42.6 Å². The maximum atomic E-state index is 13.0. The van der Waals surface area contributed by atoms with Crippen molar-refractivity contribution in [3.63, 3.8) is 0 Å². The van der Waals surface area contributed by atoms with Gasteiger partial charge in [-0.05, 0) is 25.1 Å². The number of anilines is 1. The first-order chi connectivity index (χ1) is 11.0. The Balaban J connectivity index is 2.96. The number of carbonyl (C=O) groups excluding carboxylic acids is 3. The summed E-state index contributed by atoms with van der Waals surface area (Å²) in [5.41, 5.74) is 1.06. The van der Waals surface area contributed by atoms with Crippen LogP contribution in [-0.2, 0) is 14.3 Å². The number of halogens is 3. The summed E-state index contributed by atoms with van der Waals surface area (Å²) in [6.45, 7) is 0.851. The summed E-state index contributed by atoms with van der Waals surface area (Å²) < 4.78 is 43.1. The number of nitrogens with two attached hydrogens (primary N) is 1. The number of benzene rings is 1. The van der Waals surface area contributed by atoms with Gasteiger partial charge in [0.05, 0.1) is 13.0 Å². The molecular weight excluding hydrogens is 333 g/mol. The van der Waals surface area contributed by atoms with E-state index >= 15 is 0 Å². The lowest BCUT2D eigenvalue weighted by atomic mass is 9.98. The summed E-state index contributed by atoms with van der Waals surface area (Å²) >= 11 is 0. The third-order valence-electron chi connectivity index (χ3n) is 2.93. The number of amides is 2. The van der Waals surface area contributed by atoms with Gasteiger partial charge in [-0.15, -0.1) is 0 Å². The number of hydrogen-bond donors (Lipinski definition) is 3. The predicted octanol–water partition coefficient (Wildman–Crippen LogP) is 0.971. The van der Waals surface area contributed by atoms with Crippen LogP contribution in [0.5, 0.6) is 0 Å². The highest BCUT2D eigenvalue weighted by Gasteiger charge is 2.61. The van der Waals surface area contributed by atoms with Crippen LogP contribution >= 0.6 is 0 Å². The Morgan fingerprint density at radius 2 is 1.92 bits per heavy atom. The quantitative estimate of drug-likeness (QED) is 0.662. The molecule has 0 heterocycles. The Morgan fingerprint density at radius 1 is 1.29 bits per heavy atom. The first-order valence-electron chi connectivity index (χ1n) is 6.67. The molecule has 0 fully saturated rings. The first-order valence-corrected chi connectivity index (χ1v) is 6.67. The van der Waals surface area contributed by atoms with Crippen LogP contribution in [0.3, 0.4) is 0 Å². The normalized spacial score (nSPS) is 13.7. The second-order valence-electron chi connectivity index (χ2n) is 4.75. The predicted molar refractivity (Wildman–Crippen MR) is 75.8 cm³/mol. The van der Waals surface area contributed by atoms with Gasteiger partial charge >= 0.3 is 12.1 Å². The van der Waals surface area contributed by atoms with Crippen LogP contribution in [-0.4, -0.2) is 41.3 Å². The molecule has 1 rings (SSSR count). The monoisotopic (exact) mass is 348 g/mol. The molecule has 1 aromatic rings. The van der Waals surface area contributed by atoms with Gasteiger partial charge in [0.1, 0.15) is 0 Å². The van der Waals surface area contributed by atoms with E-state index in [1.54, 1.807) is 0 Å². The van der Waals surface area contributed by atoms with Gasteiger partial charge < -0.3 is 20.9 Å². The second kappa shape index (κ2) is 7.30. The number of esters is 1. The van der Waals surface area contributed by atoms with Crippen LogP contribution in [0.15, 0.2) is 24.3 Å². The van der Waals surface area contributed by atoms with E-state index in [-0.39, 0.29) is 11.3 Å². The fourth-order valence-corrected chi connectivity index (χ4v) is 1.73. The molecule has 0 bridgehead atoms. The lowest BCUT2D eigenvalue weighted by Crippen LogP contribution is -2.54. The van der Waals surface area contributed by atoms with E-state index in [9.17, 15) is 32.7 Å². The van der Waals surface area contributed by atoms with Gasteiger partial charge in [0, 0.05) is 11.3 Å². The van der Waals surface area contributed by atoms with Crippen molar-refractivity contribution in [2.75, 3.05) is 11.9 Å². The van der Waals surface area contributed by atoms with E-state index in [1.165, 1.54) is 25.1 Å². The molecule has 0 aliphatic heterocycles. The highest BCUT2D eigenvalue weighted by atomic mass is 19.4. The number of nitrogens with one attached hydrogen (secondary N) is 1. The molecule has 2 amide bonds. The molecule has 4 N–H and O–H groups in total. The summed E-state index contributed by atoms with van der Waals surface area (Å²) in [4.78, 5) is 34.2. The Labute approximate surface area is 134 Å². The lowest BCUT2D eigenvalue weighted by Gasteiger charge is -2.27. The Morgan fingerprint density at radius 3 is 2.42 bits per heavy atom. The molecule has 1 aromatic carbocycles. The van der Waals surface area contributed by atoms with Crippen molar-refractivity contribution in [3.8, 4) is 0 Å². The molecule has 0 aliphatic rings. The zero-order valence-corrected chi connectivity index (χ0v) is 12.5. The van der Waals surface area contributed by atoms with Crippen LogP contribution in [0.25, 0.3) is 0 Å². The fraction of sp³-hybridized carbons (Fsp3) is 0.357. The van der Waals surface area contributed by atoms with Crippen LogP contribution in [0, 0.1) is 0 Å². The van der Waals surface area contributed by atoms with Gasteiger partial charge in [-0.25, -0.2) is 4.79 Å². The highest BCUT2D eigenvalue weighted by molar-refractivity contribution is 5.98. The smallest absolute Gasteiger partial charge is 0.428 e. The molecule has 0 spiro atoms. The van der Waals surface area contributed by atoms with Crippen LogP contribution in [0.4, 0.5) is 18.9 Å². The maximum Gasteiger partial charge on any atom is 0.428 e. The summed E-state index contributed by atoms with van der Waals surface area (Å²) in [6.07, 6.45) is -7.01. The molecular formula is C14H15F3N2O5. The largest absolute Gasteiger partial charge is 0.464 e. The molecule has 132 valence electrons. The molecule has 10 heteroatoms. The topological polar surface area (TPSA) is 119 Å². The van der Waals surface area contributed by atoms with E-state index in [0.29, 0.717) is 0 Å². The minimum atomic E-state index is -5.41. The summed E-state index contributed by atoms with van der Waals surface area (Å²) in [5.74, 6) is -4.08. The van der Waals surface area contributed by atoms with Gasteiger partial charge in [0.2, 0.25) is 11.8 Å². The van der Waals surface area contributed by atoms with Crippen molar-refractivity contribution in [2.45, 2.75) is 25.1 Å². The van der Waals surface area contributed by atoms with Crippen molar-refractivity contribution < 1.29 is 37.4 Å². The molecule has 0 radical (unpaired) electrons. The van der Waals surface area contributed by atoms with Gasteiger partial charge in [0.25, 0.3) is 5.60 Å². The maximum absolute atomic E-state index is 13.0. The molecule has 1 atom stereocenters. The van der Waals surface area contributed by atoms with Crippen molar-refractivity contribution in [1.29, 1.82) is 0 Å². The Bertz CT molecular complexity index is 648. The van der Waals surface area contributed by atoms with Crippen molar-refractivity contribution >= 4 is 23.5 Å². The molecule has 0 saturated carbocycles. The molecule has 0 aromatic heterocycles. The molecule has 0 unspecified atom stereocenters. The van der Waals surface area contributed by atoms with E-state index in [1.807, 2.05) is 5.32 Å². The molecule has 24 heavy (non-hydrogen) atoms. The molecule has 0 aliphatic carbocycles. The van der Waals surface area contributed by atoms with Gasteiger partial charge in [0.15, 0.2) is 0 Å². The number of rotatable bonds is 6. The SMILES string of the molecule is CCOC(=O)[C@@](O)(CC(=O)Nc1cccc(C(N)=O)c1)C(F)(F)F. The number of alkyl halides is 3. The Hall–Kier alpha value is -2.62. The van der Waals surface area contributed by atoms with E-state index in [4.69, 9.17) is 5.73 Å². The lowest BCUT2D eigenvalue weighted by molar-refractivity contribution is -0.262. The third-order valence-corrected chi connectivity index (χ3v) is 2.93. The zero-order chi connectivity index (χ0) is 18.5. The van der Waals surface area contributed by atoms with Gasteiger partial charge in [-0.3, -0.25) is 9.59 Å². The van der Waals surface area contributed by atoms with Crippen LogP contribution < -0.4 is 11.1 Å². The second-order valence-corrected chi connectivity index (χ2v) is 4.75. The van der Waals surface area contributed by atoms with Crippen molar-refractivity contribution in [3.05, 3.63) is 29.8 Å². The number of hydrogen-bond acceptors (Lipinski definition) is 5. The average molecular weight is 348 g/mol. The summed E-state index contributed by atoms with van der Waals surface area (Å²) in [5, 5.41) is 11.7. The van der Waals surface area contributed by atoms with Crippen LogP contribution in [0.2, 0.25) is 0 Å². The molecule has 7 nitrogen and oxygen atoms in total. The minimum absolute atomic E-state index is 0.0178. The minimum Gasteiger partial charge on any atom is -0.464 e. The average Bonchev–Trinajstić information content (AvgIpc) is 2.46. The first kappa shape index (κ1) is 19.4. The van der Waals surface area contributed by atoms with E-state index in [0.717, 1.165) is 6.07 Å². The number of ether oxygens (including phenoxy) is 1. The standard InChI is InChI=1S/C14H15F3N2O5/c1-2-24-12(22)13(23,14(15,16)17)7-10(20)19-9-5-3-4-8(6-9)11(18)21/h3-6,23H,2,7H2,1H3,(H2,18,21)(H,19,20)/t13-/m0/s1. The molecule has 0 saturated heterocycles. The fourth-order valence-electron chi connectivity index (χ4n) is 1.73. The van der Waals surface area contributed by atoms with Crippen molar-refractivity contribution in [2.24, 2.45) is 5.73 Å². The van der Waals surface area contributed by atoms with E-state index in [2.05, 4.69) is 4.74 Å². The number of aliphatic hydroxyl groups is 1. The summed E-state index contributed by atoms with van der Waals surface area (Å²) in [7, 11) is 0. The summed E-state index contributed by atoms with van der Waals surface area (Å²) in [6, 6.07) is 5.11.